The van der Waals surface area contributed by atoms with Gasteiger partial charge in [-0.3, -0.25) is 0 Å². The fourth-order valence-electron chi connectivity index (χ4n) is 2.51. The molecule has 8 nitrogen and oxygen atoms in total. The summed E-state index contributed by atoms with van der Waals surface area (Å²) in [6.07, 6.45) is 0. The van der Waals surface area contributed by atoms with Crippen molar-refractivity contribution in [1.29, 1.82) is 0 Å². The van der Waals surface area contributed by atoms with Gasteiger partial charge in [-0.25, -0.2) is 0 Å². The van der Waals surface area contributed by atoms with Gasteiger partial charge in [-0.2, -0.15) is 0 Å². The quantitative estimate of drug-likeness (QED) is 0.214. The van der Waals surface area contributed by atoms with E-state index >= 15 is 0 Å². The Hall–Kier alpha value is 0.490. The topological polar surface area (TPSA) is 149 Å². The summed E-state index contributed by atoms with van der Waals surface area (Å²) in [4.78, 5) is 0. The zero-order chi connectivity index (χ0) is 21.9. The Balaban J connectivity index is -0.000000554. The summed E-state index contributed by atoms with van der Waals surface area (Å²) in [5, 5.41) is 0. The van der Waals surface area contributed by atoms with Crippen LogP contribution in [0, 0.1) is 0 Å². The molecular weight excluding hydrogens is 641 g/mol. The van der Waals surface area contributed by atoms with Crippen molar-refractivity contribution >= 4 is 42.9 Å². The number of benzene rings is 3. The van der Waals surface area contributed by atoms with Gasteiger partial charge in [-0.05, 0) is 0 Å². The second-order valence-corrected chi connectivity index (χ2v) is 16.5. The van der Waals surface area contributed by atoms with Crippen molar-refractivity contribution in [3.05, 3.63) is 91.0 Å². The molecule has 0 aliphatic carbocycles. The zero-order valence-corrected chi connectivity index (χ0v) is 26.2. The minimum absolute atomic E-state index is 0. The third-order valence-corrected chi connectivity index (χ3v) is 12.4. The third-order valence-electron chi connectivity index (χ3n) is 3.40. The summed E-state index contributed by atoms with van der Waals surface area (Å²) in [6, 6.07) is 33.0. The predicted octanol–water partition coefficient (Wildman–Crippen LogP) is -3.23. The molecular formula is C18H22ClCr2KO8Sn. The SMILES string of the molecule is Cl.[H-].[K+].[O]=[Cr](=[O])([OH])[OH].[O]=[Cr](=[O])([OH])[OH].c1cc[c]([SnH]([c]2ccccc2)[c]2ccccc2)cc1. The van der Waals surface area contributed by atoms with Gasteiger partial charge in [0.2, 0.25) is 0 Å². The molecule has 3 aromatic carbocycles. The Labute approximate surface area is 242 Å². The molecule has 0 amide bonds. The van der Waals surface area contributed by atoms with E-state index in [0.29, 0.717) is 0 Å². The van der Waals surface area contributed by atoms with Crippen LogP contribution in [0.15, 0.2) is 91.0 Å². The van der Waals surface area contributed by atoms with Crippen molar-refractivity contribution in [2.45, 2.75) is 0 Å². The van der Waals surface area contributed by atoms with Gasteiger partial charge in [0.25, 0.3) is 0 Å². The molecule has 0 fully saturated rings. The Morgan fingerprint density at radius 3 is 0.839 bits per heavy atom. The minimum atomic E-state index is -5.25. The molecule has 0 radical (unpaired) electrons. The van der Waals surface area contributed by atoms with Crippen LogP contribution in [-0.4, -0.2) is 36.4 Å². The number of hydrogen-bond donors (Lipinski definition) is 4. The van der Waals surface area contributed by atoms with E-state index in [1.54, 1.807) is 10.7 Å². The Morgan fingerprint density at radius 2 is 0.677 bits per heavy atom. The van der Waals surface area contributed by atoms with Gasteiger partial charge in [0.15, 0.2) is 0 Å². The second kappa shape index (κ2) is 17.0. The van der Waals surface area contributed by atoms with Crippen LogP contribution in [0.1, 0.15) is 1.43 Å². The summed E-state index contributed by atoms with van der Waals surface area (Å²) >= 11 is -12.6. The zero-order valence-electron chi connectivity index (χ0n) is 17.4. The fraction of sp³-hybridized carbons (Fsp3) is 0. The van der Waals surface area contributed by atoms with E-state index in [2.05, 4.69) is 91.0 Å². The maximum absolute atomic E-state index is 8.82. The first-order valence-electron chi connectivity index (χ1n) is 8.00. The first kappa shape index (κ1) is 33.7. The molecule has 0 unspecified atom stereocenters. The summed E-state index contributed by atoms with van der Waals surface area (Å²) in [6.45, 7) is 0. The average Bonchev–Trinajstić information content (AvgIpc) is 2.62. The van der Waals surface area contributed by atoms with Crippen molar-refractivity contribution in [3.8, 4) is 0 Å². The summed E-state index contributed by atoms with van der Waals surface area (Å²) in [5.74, 6) is 0. The molecule has 0 aliphatic rings. The van der Waals surface area contributed by atoms with Gasteiger partial charge in [0.1, 0.15) is 0 Å². The molecule has 166 valence electrons. The first-order chi connectivity index (χ1) is 13.4. The third kappa shape index (κ3) is 18.6. The van der Waals surface area contributed by atoms with Crippen LogP contribution in [0.3, 0.4) is 0 Å². The standard InChI is InChI=1S/3C6H5.ClH.2Cr.K.4H2O.4O.Sn.2H/c3*1-2-4-6-5-3-1;;;;;;;;;;;;;;;/h3*1-5H;1H;;;;4*1H2;;;;;;;/q;;;;2*+2;+1;;;;;;;;;;;-1/p-4. The molecule has 3 rings (SSSR count). The van der Waals surface area contributed by atoms with Gasteiger partial charge in [0.05, 0.1) is 0 Å². The van der Waals surface area contributed by atoms with Crippen LogP contribution in [0.5, 0.6) is 0 Å². The van der Waals surface area contributed by atoms with Crippen molar-refractivity contribution < 1.29 is 112 Å². The van der Waals surface area contributed by atoms with Crippen molar-refractivity contribution in [1.82, 2.24) is 0 Å². The van der Waals surface area contributed by atoms with Gasteiger partial charge >= 0.3 is 232 Å². The Morgan fingerprint density at radius 1 is 0.516 bits per heavy atom. The van der Waals surface area contributed by atoms with Crippen LogP contribution >= 0.6 is 12.4 Å². The van der Waals surface area contributed by atoms with E-state index in [1.165, 1.54) is 0 Å². The summed E-state index contributed by atoms with van der Waals surface area (Å²) in [5.41, 5.74) is 0. The first-order valence-corrected chi connectivity index (χ1v) is 17.3. The van der Waals surface area contributed by atoms with E-state index in [0.717, 1.165) is 0 Å². The van der Waals surface area contributed by atoms with Gasteiger partial charge in [-0.15, -0.1) is 12.4 Å². The molecule has 3 aromatic rings. The summed E-state index contributed by atoms with van der Waals surface area (Å²) in [7, 11) is 0. The number of halogens is 1. The van der Waals surface area contributed by atoms with Crippen LogP contribution < -0.4 is 62.1 Å². The van der Waals surface area contributed by atoms with Crippen molar-refractivity contribution in [2.75, 3.05) is 0 Å². The van der Waals surface area contributed by atoms with E-state index in [4.69, 9.17) is 31.8 Å². The van der Waals surface area contributed by atoms with Crippen molar-refractivity contribution in [2.24, 2.45) is 0 Å². The van der Waals surface area contributed by atoms with E-state index in [1.807, 2.05) is 0 Å². The van der Waals surface area contributed by atoms with Crippen LogP contribution in [0.2, 0.25) is 0 Å². The molecule has 4 N–H and O–H groups in total. The Kier molecular flexibility index (Phi) is 18.5. The van der Waals surface area contributed by atoms with Gasteiger partial charge < -0.3 is 1.43 Å². The van der Waals surface area contributed by atoms with Crippen LogP contribution in [-0.2, 0) is 42.4 Å². The van der Waals surface area contributed by atoms with Gasteiger partial charge in [0, 0.05) is 0 Å². The van der Waals surface area contributed by atoms with Crippen LogP contribution in [0.4, 0.5) is 0 Å². The normalized spacial score (nSPS) is 10.2. The molecule has 0 atom stereocenters. The summed E-state index contributed by atoms with van der Waals surface area (Å²) < 4.78 is 68.4. The van der Waals surface area contributed by atoms with Gasteiger partial charge in [-0.1, -0.05) is 0 Å². The van der Waals surface area contributed by atoms with E-state index in [-0.39, 0.29) is 65.2 Å². The number of rotatable bonds is 3. The van der Waals surface area contributed by atoms with Crippen LogP contribution in [0.25, 0.3) is 0 Å². The molecule has 0 heterocycles. The second-order valence-electron chi connectivity index (χ2n) is 5.56. The molecule has 0 aromatic heterocycles. The molecule has 13 heteroatoms. The predicted molar refractivity (Wildman–Crippen MR) is 105 cm³/mol. The maximum atomic E-state index is 8.82. The average molecular weight is 664 g/mol. The molecule has 0 saturated carbocycles. The molecule has 0 aliphatic heterocycles. The molecule has 0 saturated heterocycles. The molecule has 31 heavy (non-hydrogen) atoms. The monoisotopic (exact) mass is 664 g/mol. The number of hydrogen-bond acceptors (Lipinski definition) is 4. The van der Waals surface area contributed by atoms with E-state index in [9.17, 15) is 0 Å². The fourth-order valence-corrected chi connectivity index (χ4v) is 11.0. The van der Waals surface area contributed by atoms with Crippen molar-refractivity contribution in [3.63, 3.8) is 0 Å². The molecule has 0 bridgehead atoms. The Bertz CT molecular complexity index is 938. The molecule has 0 spiro atoms. The van der Waals surface area contributed by atoms with E-state index < -0.39 is 47.0 Å².